The molecule has 1 aliphatic heterocycles. The lowest BCUT2D eigenvalue weighted by Gasteiger charge is -2.37. The Labute approximate surface area is 127 Å². The average Bonchev–Trinajstić information content (AvgIpc) is 3.13. The Bertz CT molecular complexity index is 790. The summed E-state index contributed by atoms with van der Waals surface area (Å²) in [6.07, 6.45) is 3.76. The third kappa shape index (κ3) is 1.93. The minimum Gasteiger partial charge on any atom is -0.349 e. The zero-order valence-electron chi connectivity index (χ0n) is 12.2. The zero-order valence-corrected chi connectivity index (χ0v) is 13.0. The SMILES string of the molecule is CCC1c2ccsc2CCN1c1cc(C)nc2ncnn12. The van der Waals surface area contributed by atoms with Crippen LogP contribution in [-0.4, -0.2) is 26.1 Å². The molecule has 3 aromatic rings. The van der Waals surface area contributed by atoms with E-state index in [4.69, 9.17) is 0 Å². The van der Waals surface area contributed by atoms with Crippen LogP contribution in [0.25, 0.3) is 5.78 Å². The maximum atomic E-state index is 4.44. The van der Waals surface area contributed by atoms with Crippen LogP contribution in [0.3, 0.4) is 0 Å². The van der Waals surface area contributed by atoms with E-state index in [1.807, 2.05) is 22.8 Å². The van der Waals surface area contributed by atoms with Gasteiger partial charge in [-0.2, -0.15) is 14.6 Å². The predicted molar refractivity (Wildman–Crippen MR) is 83.9 cm³/mol. The molecule has 5 nitrogen and oxygen atoms in total. The Morgan fingerprint density at radius 2 is 2.33 bits per heavy atom. The van der Waals surface area contributed by atoms with Crippen molar-refractivity contribution in [3.05, 3.63) is 40.0 Å². The second-order valence-corrected chi connectivity index (χ2v) is 6.39. The molecule has 4 heterocycles. The highest BCUT2D eigenvalue weighted by Gasteiger charge is 2.29. The minimum atomic E-state index is 0.411. The number of aromatic nitrogens is 4. The molecule has 4 rings (SSSR count). The molecule has 1 aliphatic rings. The van der Waals surface area contributed by atoms with E-state index in [2.05, 4.69) is 44.4 Å². The lowest BCUT2D eigenvalue weighted by Crippen LogP contribution is -2.36. The Hall–Kier alpha value is -1.95. The van der Waals surface area contributed by atoms with Crippen molar-refractivity contribution in [3.63, 3.8) is 0 Å². The van der Waals surface area contributed by atoms with E-state index in [1.165, 1.54) is 10.4 Å². The van der Waals surface area contributed by atoms with Crippen LogP contribution in [0.2, 0.25) is 0 Å². The van der Waals surface area contributed by atoms with E-state index in [0.717, 1.165) is 30.9 Å². The number of thiophene rings is 1. The summed E-state index contributed by atoms with van der Waals surface area (Å²) in [5.74, 6) is 1.77. The number of anilines is 1. The van der Waals surface area contributed by atoms with Gasteiger partial charge in [-0.3, -0.25) is 0 Å². The molecule has 0 aromatic carbocycles. The monoisotopic (exact) mass is 299 g/mol. The van der Waals surface area contributed by atoms with Gasteiger partial charge < -0.3 is 4.90 Å². The fourth-order valence-corrected chi connectivity index (χ4v) is 4.15. The largest absolute Gasteiger partial charge is 0.349 e. The lowest BCUT2D eigenvalue weighted by molar-refractivity contribution is 0.560. The smallest absolute Gasteiger partial charge is 0.254 e. The molecule has 0 amide bonds. The van der Waals surface area contributed by atoms with Crippen LogP contribution in [0.15, 0.2) is 23.8 Å². The van der Waals surface area contributed by atoms with Crippen molar-refractivity contribution in [2.24, 2.45) is 0 Å². The summed E-state index contributed by atoms with van der Waals surface area (Å²) in [4.78, 5) is 12.7. The van der Waals surface area contributed by atoms with Crippen molar-refractivity contribution >= 4 is 22.9 Å². The molecule has 0 saturated heterocycles. The first kappa shape index (κ1) is 12.8. The maximum absolute atomic E-state index is 4.44. The van der Waals surface area contributed by atoms with Crippen LogP contribution in [0.5, 0.6) is 0 Å². The Morgan fingerprint density at radius 1 is 1.43 bits per heavy atom. The van der Waals surface area contributed by atoms with Gasteiger partial charge in [0.1, 0.15) is 12.1 Å². The molecule has 1 atom stereocenters. The van der Waals surface area contributed by atoms with Gasteiger partial charge in [-0.15, -0.1) is 11.3 Å². The molecule has 0 saturated carbocycles. The van der Waals surface area contributed by atoms with Crippen molar-refractivity contribution in [2.75, 3.05) is 11.4 Å². The molecule has 0 N–H and O–H groups in total. The summed E-state index contributed by atoms with van der Waals surface area (Å²) in [5, 5.41) is 6.56. The lowest BCUT2D eigenvalue weighted by atomic mass is 9.98. The summed E-state index contributed by atoms with van der Waals surface area (Å²) in [7, 11) is 0. The fraction of sp³-hybridized carbons (Fsp3) is 0.400. The molecule has 108 valence electrons. The van der Waals surface area contributed by atoms with Gasteiger partial charge in [0, 0.05) is 23.2 Å². The summed E-state index contributed by atoms with van der Waals surface area (Å²) in [6.45, 7) is 5.28. The van der Waals surface area contributed by atoms with Gasteiger partial charge in [-0.25, -0.2) is 4.98 Å². The second-order valence-electron chi connectivity index (χ2n) is 5.39. The standard InChI is InChI=1S/C15H17N5S/c1-3-12-11-5-7-21-13(11)4-6-19(12)14-8-10(2)18-15-16-9-17-20(14)15/h5,7-9,12H,3-4,6H2,1-2H3. The average molecular weight is 299 g/mol. The van der Waals surface area contributed by atoms with Crippen LogP contribution in [-0.2, 0) is 6.42 Å². The molecule has 3 aromatic heterocycles. The van der Waals surface area contributed by atoms with Gasteiger partial charge in [0.25, 0.3) is 5.78 Å². The highest BCUT2D eigenvalue weighted by molar-refractivity contribution is 7.10. The van der Waals surface area contributed by atoms with Gasteiger partial charge >= 0.3 is 0 Å². The molecule has 0 aliphatic carbocycles. The Balaban J connectivity index is 1.87. The van der Waals surface area contributed by atoms with Crippen molar-refractivity contribution in [1.82, 2.24) is 19.6 Å². The normalized spacial score (nSPS) is 18.2. The van der Waals surface area contributed by atoms with Crippen molar-refractivity contribution in [2.45, 2.75) is 32.7 Å². The highest BCUT2D eigenvalue weighted by Crippen LogP contribution is 2.37. The van der Waals surface area contributed by atoms with Gasteiger partial charge in [-0.1, -0.05) is 6.92 Å². The van der Waals surface area contributed by atoms with Gasteiger partial charge in [0.05, 0.1) is 6.04 Å². The molecule has 21 heavy (non-hydrogen) atoms. The first-order valence-electron chi connectivity index (χ1n) is 7.28. The first-order valence-corrected chi connectivity index (χ1v) is 8.16. The van der Waals surface area contributed by atoms with Gasteiger partial charge in [0.15, 0.2) is 0 Å². The van der Waals surface area contributed by atoms with E-state index >= 15 is 0 Å². The van der Waals surface area contributed by atoms with Crippen LogP contribution >= 0.6 is 11.3 Å². The van der Waals surface area contributed by atoms with Crippen LogP contribution in [0, 0.1) is 6.92 Å². The van der Waals surface area contributed by atoms with E-state index in [-0.39, 0.29) is 0 Å². The molecule has 0 radical (unpaired) electrons. The predicted octanol–water partition coefficient (Wildman–Crippen LogP) is 3.01. The fourth-order valence-electron chi connectivity index (χ4n) is 3.23. The van der Waals surface area contributed by atoms with Crippen LogP contribution in [0.1, 0.15) is 35.5 Å². The van der Waals surface area contributed by atoms with E-state index in [9.17, 15) is 0 Å². The minimum absolute atomic E-state index is 0.411. The molecule has 1 unspecified atom stereocenters. The third-order valence-electron chi connectivity index (χ3n) is 4.14. The van der Waals surface area contributed by atoms with Crippen molar-refractivity contribution in [3.8, 4) is 0 Å². The van der Waals surface area contributed by atoms with Gasteiger partial charge in [0.2, 0.25) is 0 Å². The molecule has 0 fully saturated rings. The van der Waals surface area contributed by atoms with Crippen LogP contribution in [0.4, 0.5) is 5.82 Å². The Morgan fingerprint density at radius 3 is 3.19 bits per heavy atom. The van der Waals surface area contributed by atoms with Crippen molar-refractivity contribution in [1.29, 1.82) is 0 Å². The number of hydrogen-bond acceptors (Lipinski definition) is 5. The number of rotatable bonds is 2. The first-order chi connectivity index (χ1) is 10.3. The number of fused-ring (bicyclic) bond motifs is 2. The van der Waals surface area contributed by atoms with E-state index in [0.29, 0.717) is 11.8 Å². The summed E-state index contributed by atoms with van der Waals surface area (Å²) in [5.41, 5.74) is 2.45. The van der Waals surface area contributed by atoms with E-state index in [1.54, 1.807) is 6.33 Å². The topological polar surface area (TPSA) is 46.3 Å². The Kier molecular flexibility index (Phi) is 2.92. The summed E-state index contributed by atoms with van der Waals surface area (Å²) in [6, 6.07) is 4.79. The van der Waals surface area contributed by atoms with Crippen molar-refractivity contribution < 1.29 is 0 Å². The summed E-state index contributed by atoms with van der Waals surface area (Å²) >= 11 is 1.88. The molecule has 0 spiro atoms. The molecular formula is C15H17N5S. The zero-order chi connectivity index (χ0) is 14.4. The quantitative estimate of drug-likeness (QED) is 0.730. The van der Waals surface area contributed by atoms with Gasteiger partial charge in [-0.05, 0) is 36.8 Å². The molecular weight excluding hydrogens is 282 g/mol. The highest BCUT2D eigenvalue weighted by atomic mass is 32.1. The number of hydrogen-bond donors (Lipinski definition) is 0. The number of aryl methyl sites for hydroxylation is 1. The second kappa shape index (κ2) is 4.80. The number of nitrogens with zero attached hydrogens (tertiary/aromatic N) is 5. The maximum Gasteiger partial charge on any atom is 0.254 e. The summed E-state index contributed by atoms with van der Waals surface area (Å²) < 4.78 is 1.85. The third-order valence-corrected chi connectivity index (χ3v) is 5.13. The van der Waals surface area contributed by atoms with Crippen LogP contribution < -0.4 is 4.90 Å². The molecule has 6 heteroatoms. The molecule has 0 bridgehead atoms. The van der Waals surface area contributed by atoms with E-state index < -0.39 is 0 Å².